The summed E-state index contributed by atoms with van der Waals surface area (Å²) >= 11 is 6.05. The highest BCUT2D eigenvalue weighted by molar-refractivity contribution is 7.89. The average Bonchev–Trinajstić information content (AvgIpc) is 3.28. The molecule has 5 aromatic rings. The monoisotopic (exact) mass is 646 g/mol. The molecule has 4 aromatic heterocycles. The number of piperidine rings is 1. The number of benzene rings is 1. The summed E-state index contributed by atoms with van der Waals surface area (Å²) in [6, 6.07) is 14.6. The van der Waals surface area contributed by atoms with E-state index in [-0.39, 0.29) is 22.1 Å². The number of anilines is 2. The molecule has 1 unspecified atom stereocenters. The van der Waals surface area contributed by atoms with Gasteiger partial charge in [-0.3, -0.25) is 14.2 Å². The van der Waals surface area contributed by atoms with E-state index in [0.717, 1.165) is 41.7 Å². The molecular weight excluding hydrogens is 616 g/mol. The van der Waals surface area contributed by atoms with E-state index in [2.05, 4.69) is 27.3 Å². The number of carbonyl (C=O) groups excluding carboxylic acids is 1. The van der Waals surface area contributed by atoms with Crippen molar-refractivity contribution in [1.29, 1.82) is 0 Å². The van der Waals surface area contributed by atoms with Crippen molar-refractivity contribution in [1.82, 2.24) is 28.9 Å². The molecular formula is C31H31ClN8O4S. The molecule has 14 heteroatoms. The largest absolute Gasteiger partial charge is 0.377 e. The van der Waals surface area contributed by atoms with Gasteiger partial charge in [0, 0.05) is 37.8 Å². The zero-order chi connectivity index (χ0) is 31.8. The Morgan fingerprint density at radius 2 is 1.84 bits per heavy atom. The third-order valence-electron chi connectivity index (χ3n) is 8.73. The molecule has 1 aliphatic carbocycles. The fourth-order valence-corrected chi connectivity index (χ4v) is 7.24. The van der Waals surface area contributed by atoms with E-state index in [1.807, 2.05) is 53.5 Å². The van der Waals surface area contributed by atoms with Crippen LogP contribution in [0.15, 0.2) is 59.5 Å². The fourth-order valence-electron chi connectivity index (χ4n) is 6.66. The van der Waals surface area contributed by atoms with Crippen LogP contribution in [-0.4, -0.2) is 57.8 Å². The molecule has 1 aromatic carbocycles. The number of pyridine rings is 2. The molecule has 0 radical (unpaired) electrons. The predicted octanol–water partition coefficient (Wildman–Crippen LogP) is 3.65. The quantitative estimate of drug-likeness (QED) is 0.253. The highest BCUT2D eigenvalue weighted by Gasteiger charge is 2.58. The Morgan fingerprint density at radius 3 is 2.56 bits per heavy atom. The SMILES string of the molecule is Cc1cc([C@@H](C)Nc2ccc(Cl)nc2C(=O)NS(C)(=O)=O)c2nc(N3C[C@@H]4C(c5cc6ccccn6n5)[C@@H]4C3)n(C)c(=O)c2c1. The summed E-state index contributed by atoms with van der Waals surface area (Å²) in [4.78, 5) is 37.8. The molecule has 0 bridgehead atoms. The van der Waals surface area contributed by atoms with Gasteiger partial charge >= 0.3 is 0 Å². The van der Waals surface area contributed by atoms with Crippen molar-refractivity contribution in [3.8, 4) is 0 Å². The molecule has 2 N–H and O–H groups in total. The summed E-state index contributed by atoms with van der Waals surface area (Å²) in [7, 11) is -2.08. The van der Waals surface area contributed by atoms with E-state index in [4.69, 9.17) is 21.7 Å². The van der Waals surface area contributed by atoms with Gasteiger partial charge < -0.3 is 10.2 Å². The second-order valence-corrected chi connectivity index (χ2v) is 14.2. The van der Waals surface area contributed by atoms with Crippen LogP contribution in [0.1, 0.15) is 46.2 Å². The lowest BCUT2D eigenvalue weighted by molar-refractivity contribution is 0.0977. The molecule has 1 saturated heterocycles. The van der Waals surface area contributed by atoms with Crippen LogP contribution in [0.3, 0.4) is 0 Å². The van der Waals surface area contributed by atoms with Crippen molar-refractivity contribution >= 4 is 55.6 Å². The molecule has 2 fully saturated rings. The minimum atomic E-state index is -3.83. The van der Waals surface area contributed by atoms with Gasteiger partial charge in [-0.1, -0.05) is 23.7 Å². The van der Waals surface area contributed by atoms with Gasteiger partial charge in [-0.05, 0) is 67.6 Å². The van der Waals surface area contributed by atoms with Gasteiger partial charge in [0.2, 0.25) is 16.0 Å². The summed E-state index contributed by atoms with van der Waals surface area (Å²) < 4.78 is 28.9. The first kappa shape index (κ1) is 29.2. The van der Waals surface area contributed by atoms with Gasteiger partial charge in [0.1, 0.15) is 5.15 Å². The summed E-state index contributed by atoms with van der Waals surface area (Å²) in [5.41, 5.74) is 4.33. The number of hydrogen-bond acceptors (Lipinski definition) is 9. The number of carbonyl (C=O) groups is 1. The average molecular weight is 647 g/mol. The maximum Gasteiger partial charge on any atom is 0.285 e. The summed E-state index contributed by atoms with van der Waals surface area (Å²) in [6.45, 7) is 5.34. The molecule has 232 valence electrons. The summed E-state index contributed by atoms with van der Waals surface area (Å²) in [6.07, 6.45) is 2.85. The maximum atomic E-state index is 13.7. The normalized spacial score (nSPS) is 19.9. The Morgan fingerprint density at radius 1 is 1.09 bits per heavy atom. The zero-order valence-corrected chi connectivity index (χ0v) is 26.6. The molecule has 0 spiro atoms. The number of nitrogens with zero attached hydrogens (tertiary/aromatic N) is 6. The van der Waals surface area contributed by atoms with Gasteiger partial charge in [0.15, 0.2) is 5.69 Å². The van der Waals surface area contributed by atoms with Crippen LogP contribution in [0.2, 0.25) is 5.15 Å². The van der Waals surface area contributed by atoms with Crippen molar-refractivity contribution in [2.75, 3.05) is 29.6 Å². The lowest BCUT2D eigenvalue weighted by Gasteiger charge is -2.25. The molecule has 7 rings (SSSR count). The molecule has 12 nitrogen and oxygen atoms in total. The van der Waals surface area contributed by atoms with Crippen molar-refractivity contribution in [3.63, 3.8) is 0 Å². The second-order valence-electron chi connectivity index (χ2n) is 12.0. The molecule has 1 saturated carbocycles. The van der Waals surface area contributed by atoms with Crippen LogP contribution in [0.25, 0.3) is 16.4 Å². The Balaban J connectivity index is 1.19. The standard InChI is InChI=1S/C31H31ClN8O4S/c1-16-11-19(17(2)33-23-8-9-25(32)34-28(23)29(41)37-45(4,43)44)27-20(12-16)30(42)38(3)31(35-27)39-14-21-22(15-39)26(21)24-13-18-7-5-6-10-40(18)36-24/h5-13,17,21-22,26,33H,14-15H2,1-4H3,(H,37,41)/t17-,21-,22+,26?/m1/s1. The van der Waals surface area contributed by atoms with Crippen LogP contribution in [0.5, 0.6) is 0 Å². The van der Waals surface area contributed by atoms with E-state index in [0.29, 0.717) is 34.6 Å². The second kappa shape index (κ2) is 10.6. The first-order chi connectivity index (χ1) is 21.4. The molecule has 1 amide bonds. The number of aromatic nitrogens is 5. The van der Waals surface area contributed by atoms with Crippen LogP contribution < -0.4 is 20.5 Å². The smallest absolute Gasteiger partial charge is 0.285 e. The van der Waals surface area contributed by atoms with Gasteiger partial charge in [-0.15, -0.1) is 0 Å². The minimum Gasteiger partial charge on any atom is -0.377 e. The first-order valence-electron chi connectivity index (χ1n) is 14.5. The van der Waals surface area contributed by atoms with E-state index in [1.54, 1.807) is 17.7 Å². The number of halogens is 1. The van der Waals surface area contributed by atoms with Crippen LogP contribution in [-0.2, 0) is 17.1 Å². The third kappa shape index (κ3) is 5.29. The van der Waals surface area contributed by atoms with E-state index in [1.165, 1.54) is 6.07 Å². The number of amides is 1. The Hall–Kier alpha value is -4.49. The lowest BCUT2D eigenvalue weighted by Crippen LogP contribution is -2.32. The predicted molar refractivity (Wildman–Crippen MR) is 172 cm³/mol. The Bertz CT molecular complexity index is 2150. The minimum absolute atomic E-state index is 0.0368. The van der Waals surface area contributed by atoms with E-state index >= 15 is 0 Å². The van der Waals surface area contributed by atoms with Crippen LogP contribution in [0, 0.1) is 18.8 Å². The van der Waals surface area contributed by atoms with Crippen molar-refractivity contribution < 1.29 is 13.2 Å². The van der Waals surface area contributed by atoms with Crippen molar-refractivity contribution in [2.45, 2.75) is 25.8 Å². The van der Waals surface area contributed by atoms with Crippen LogP contribution in [0.4, 0.5) is 11.6 Å². The van der Waals surface area contributed by atoms with Crippen molar-refractivity contribution in [3.05, 3.63) is 92.7 Å². The fraction of sp³-hybridized carbons (Fsp3) is 0.323. The Labute approximate surface area is 264 Å². The molecule has 1 aliphatic heterocycles. The number of nitrogens with one attached hydrogen (secondary N) is 2. The number of fused-ring (bicyclic) bond motifs is 3. The molecule has 2 aliphatic rings. The first-order valence-corrected chi connectivity index (χ1v) is 16.8. The van der Waals surface area contributed by atoms with Gasteiger partial charge in [0.25, 0.3) is 11.5 Å². The number of sulfonamides is 1. The lowest BCUT2D eigenvalue weighted by atomic mass is 10.0. The van der Waals surface area contributed by atoms with E-state index < -0.39 is 22.0 Å². The number of aryl methyl sites for hydroxylation is 1. The number of rotatable bonds is 7. The third-order valence-corrected chi connectivity index (χ3v) is 9.50. The highest BCUT2D eigenvalue weighted by atomic mass is 35.5. The Kier molecular flexibility index (Phi) is 6.86. The van der Waals surface area contributed by atoms with E-state index in [9.17, 15) is 18.0 Å². The van der Waals surface area contributed by atoms with Gasteiger partial charge in [-0.25, -0.2) is 27.6 Å². The summed E-state index contributed by atoms with van der Waals surface area (Å²) in [5.74, 6) is 0.965. The van der Waals surface area contributed by atoms with Gasteiger partial charge in [-0.2, -0.15) is 5.10 Å². The topological polar surface area (TPSA) is 144 Å². The zero-order valence-electron chi connectivity index (χ0n) is 25.0. The van der Waals surface area contributed by atoms with Crippen LogP contribution >= 0.6 is 11.6 Å². The molecule has 45 heavy (non-hydrogen) atoms. The molecule has 5 heterocycles. The number of hydrogen-bond donors (Lipinski definition) is 2. The summed E-state index contributed by atoms with van der Waals surface area (Å²) in [5, 5.41) is 8.58. The molecule has 4 atom stereocenters. The van der Waals surface area contributed by atoms with Crippen molar-refractivity contribution in [2.24, 2.45) is 18.9 Å². The van der Waals surface area contributed by atoms with Gasteiger partial charge in [0.05, 0.1) is 40.1 Å². The highest BCUT2D eigenvalue weighted by Crippen LogP contribution is 2.58. The maximum absolute atomic E-state index is 13.7.